The number of hydrogen-bond donors (Lipinski definition) is 3. The minimum absolute atomic E-state index is 0.188. The maximum atomic E-state index is 11.9. The molecule has 1 aliphatic rings. The first-order chi connectivity index (χ1) is 8.65. The maximum Gasteiger partial charge on any atom is 0.252 e. The number of hydrogen-bond acceptors (Lipinski definition) is 4. The molecule has 96 valence electrons. The Balaban J connectivity index is 2.05. The van der Waals surface area contributed by atoms with E-state index in [2.05, 4.69) is 10.6 Å². The largest absolute Gasteiger partial charge is 0.497 e. The third kappa shape index (κ3) is 2.28. The summed E-state index contributed by atoms with van der Waals surface area (Å²) in [5.74, 6) is 0.0741. The number of benzene rings is 1. The molecule has 6 nitrogen and oxygen atoms in total. The first kappa shape index (κ1) is 12.4. The highest BCUT2D eigenvalue weighted by Crippen LogP contribution is 2.13. The van der Waals surface area contributed by atoms with Gasteiger partial charge in [-0.3, -0.25) is 9.59 Å². The zero-order valence-corrected chi connectivity index (χ0v) is 9.97. The van der Waals surface area contributed by atoms with Crippen LogP contribution in [0.25, 0.3) is 0 Å². The second-order valence-electron chi connectivity index (χ2n) is 4.03. The third-order valence-corrected chi connectivity index (χ3v) is 2.88. The first-order valence-electron chi connectivity index (χ1n) is 5.61. The Labute approximate surface area is 104 Å². The summed E-state index contributed by atoms with van der Waals surface area (Å²) in [4.78, 5) is 23.2. The van der Waals surface area contributed by atoms with Gasteiger partial charge >= 0.3 is 0 Å². The standard InChI is InChI=1S/C12H15N3O3/c1-18-8-4-2-3-7(5-8)11(16)15-10-9(6-13)14-12(10)17/h2-5,9-10H,6,13H2,1H3,(H,14,17)(H,15,16). The molecule has 1 aliphatic heterocycles. The lowest BCUT2D eigenvalue weighted by molar-refractivity contribution is -0.131. The van der Waals surface area contributed by atoms with Crippen molar-refractivity contribution >= 4 is 11.8 Å². The Morgan fingerprint density at radius 3 is 2.94 bits per heavy atom. The van der Waals surface area contributed by atoms with Crippen molar-refractivity contribution in [1.29, 1.82) is 0 Å². The van der Waals surface area contributed by atoms with Crippen LogP contribution in [0, 0.1) is 0 Å². The normalized spacial score (nSPS) is 21.8. The van der Waals surface area contributed by atoms with Crippen molar-refractivity contribution in [2.45, 2.75) is 12.1 Å². The molecule has 4 N–H and O–H groups in total. The summed E-state index contributed by atoms with van der Waals surface area (Å²) >= 11 is 0. The van der Waals surface area contributed by atoms with Crippen molar-refractivity contribution in [2.75, 3.05) is 13.7 Å². The van der Waals surface area contributed by atoms with Gasteiger partial charge in [0.1, 0.15) is 11.8 Å². The minimum atomic E-state index is -0.547. The van der Waals surface area contributed by atoms with E-state index in [1.54, 1.807) is 24.3 Å². The van der Waals surface area contributed by atoms with Gasteiger partial charge in [-0.05, 0) is 18.2 Å². The van der Waals surface area contributed by atoms with Crippen LogP contribution in [0.1, 0.15) is 10.4 Å². The molecule has 0 bridgehead atoms. The van der Waals surface area contributed by atoms with E-state index >= 15 is 0 Å². The number of rotatable bonds is 4. The van der Waals surface area contributed by atoms with Gasteiger partial charge in [0, 0.05) is 12.1 Å². The quantitative estimate of drug-likeness (QED) is 0.612. The topological polar surface area (TPSA) is 93.4 Å². The van der Waals surface area contributed by atoms with Gasteiger partial charge in [-0.2, -0.15) is 0 Å². The number of nitrogens with two attached hydrogens (primary N) is 1. The SMILES string of the molecule is COc1cccc(C(=O)NC2C(=O)NC2CN)c1. The Morgan fingerprint density at radius 2 is 2.33 bits per heavy atom. The van der Waals surface area contributed by atoms with Crippen molar-refractivity contribution in [1.82, 2.24) is 10.6 Å². The molecular weight excluding hydrogens is 234 g/mol. The predicted molar refractivity (Wildman–Crippen MR) is 65.2 cm³/mol. The van der Waals surface area contributed by atoms with E-state index in [4.69, 9.17) is 10.5 Å². The molecule has 1 aromatic carbocycles. The van der Waals surface area contributed by atoms with E-state index in [-0.39, 0.29) is 17.9 Å². The lowest BCUT2D eigenvalue weighted by Crippen LogP contribution is -2.71. The molecule has 2 unspecified atom stereocenters. The fraction of sp³-hybridized carbons (Fsp3) is 0.333. The average Bonchev–Trinajstić information content (AvgIpc) is 2.41. The molecule has 2 amide bonds. The summed E-state index contributed by atoms with van der Waals surface area (Å²) in [6, 6.07) is 6.00. The summed E-state index contributed by atoms with van der Waals surface area (Å²) in [6.45, 7) is 0.300. The minimum Gasteiger partial charge on any atom is -0.497 e. The molecule has 2 atom stereocenters. The van der Waals surface area contributed by atoms with Crippen molar-refractivity contribution in [3.05, 3.63) is 29.8 Å². The van der Waals surface area contributed by atoms with Gasteiger partial charge in [-0.25, -0.2) is 0 Å². The molecule has 1 fully saturated rings. The molecule has 18 heavy (non-hydrogen) atoms. The van der Waals surface area contributed by atoms with Crippen molar-refractivity contribution < 1.29 is 14.3 Å². The lowest BCUT2D eigenvalue weighted by Gasteiger charge is -2.36. The number of β-lactam (4-membered cyclic amide) rings is 1. The smallest absolute Gasteiger partial charge is 0.252 e. The van der Waals surface area contributed by atoms with Gasteiger partial charge in [-0.15, -0.1) is 0 Å². The summed E-state index contributed by atoms with van der Waals surface area (Å²) in [5.41, 5.74) is 5.91. The molecule has 6 heteroatoms. The predicted octanol–water partition coefficient (Wildman–Crippen LogP) is -0.749. The van der Waals surface area contributed by atoms with Gasteiger partial charge in [0.05, 0.1) is 13.2 Å². The van der Waals surface area contributed by atoms with E-state index < -0.39 is 6.04 Å². The van der Waals surface area contributed by atoms with Crippen LogP contribution in [0.5, 0.6) is 5.75 Å². The fourth-order valence-corrected chi connectivity index (χ4v) is 1.79. The first-order valence-corrected chi connectivity index (χ1v) is 5.61. The summed E-state index contributed by atoms with van der Waals surface area (Å²) in [6.07, 6.45) is 0. The highest BCUT2D eigenvalue weighted by Gasteiger charge is 2.39. The lowest BCUT2D eigenvalue weighted by atomic mass is 9.98. The molecule has 1 aromatic rings. The highest BCUT2D eigenvalue weighted by atomic mass is 16.5. The molecule has 1 heterocycles. The van der Waals surface area contributed by atoms with Crippen LogP contribution in [0.2, 0.25) is 0 Å². The molecule has 1 saturated heterocycles. The van der Waals surface area contributed by atoms with Gasteiger partial charge in [0.15, 0.2) is 0 Å². The molecule has 0 radical (unpaired) electrons. The molecule has 0 aliphatic carbocycles. The number of nitrogens with one attached hydrogen (secondary N) is 2. The number of carbonyl (C=O) groups excluding carboxylic acids is 2. The van der Waals surface area contributed by atoms with Crippen molar-refractivity contribution in [2.24, 2.45) is 5.73 Å². The zero-order chi connectivity index (χ0) is 13.1. The van der Waals surface area contributed by atoms with Crippen LogP contribution in [0.3, 0.4) is 0 Å². The second kappa shape index (κ2) is 5.05. The van der Waals surface area contributed by atoms with E-state index in [1.165, 1.54) is 7.11 Å². The summed E-state index contributed by atoms with van der Waals surface area (Å²) < 4.78 is 5.03. The number of carbonyl (C=O) groups is 2. The van der Waals surface area contributed by atoms with E-state index in [0.717, 1.165) is 0 Å². The monoisotopic (exact) mass is 249 g/mol. The van der Waals surface area contributed by atoms with E-state index in [0.29, 0.717) is 17.9 Å². The Bertz CT molecular complexity index is 475. The third-order valence-electron chi connectivity index (χ3n) is 2.88. The van der Waals surface area contributed by atoms with Gasteiger partial charge in [0.25, 0.3) is 5.91 Å². The molecule has 0 spiro atoms. The highest BCUT2D eigenvalue weighted by molar-refractivity contribution is 6.00. The maximum absolute atomic E-state index is 11.9. The second-order valence-corrected chi connectivity index (χ2v) is 4.03. The van der Waals surface area contributed by atoms with E-state index in [1.807, 2.05) is 0 Å². The van der Waals surface area contributed by atoms with Crippen LogP contribution in [-0.2, 0) is 4.79 Å². The summed E-state index contributed by atoms with van der Waals surface area (Å²) in [7, 11) is 1.53. The van der Waals surface area contributed by atoms with Crippen LogP contribution in [-0.4, -0.2) is 37.6 Å². The Hall–Kier alpha value is -2.08. The average molecular weight is 249 g/mol. The number of amides is 2. The number of ether oxygens (including phenoxy) is 1. The van der Waals surface area contributed by atoms with Crippen LogP contribution in [0.15, 0.2) is 24.3 Å². The molecule has 0 saturated carbocycles. The van der Waals surface area contributed by atoms with Crippen molar-refractivity contribution in [3.63, 3.8) is 0 Å². The number of methoxy groups -OCH3 is 1. The summed E-state index contributed by atoms with van der Waals surface area (Å²) in [5, 5.41) is 5.27. The van der Waals surface area contributed by atoms with Crippen LogP contribution < -0.4 is 21.1 Å². The Kier molecular flexibility index (Phi) is 3.47. The molecular formula is C12H15N3O3. The van der Waals surface area contributed by atoms with Crippen molar-refractivity contribution in [3.8, 4) is 5.75 Å². The zero-order valence-electron chi connectivity index (χ0n) is 9.97. The van der Waals surface area contributed by atoms with Crippen LogP contribution in [0.4, 0.5) is 0 Å². The Morgan fingerprint density at radius 1 is 1.56 bits per heavy atom. The van der Waals surface area contributed by atoms with Gasteiger partial charge < -0.3 is 21.1 Å². The van der Waals surface area contributed by atoms with E-state index in [9.17, 15) is 9.59 Å². The van der Waals surface area contributed by atoms with Gasteiger partial charge in [0.2, 0.25) is 5.91 Å². The molecule has 0 aromatic heterocycles. The molecule has 2 rings (SSSR count). The fourth-order valence-electron chi connectivity index (χ4n) is 1.79. The van der Waals surface area contributed by atoms with Gasteiger partial charge in [-0.1, -0.05) is 6.07 Å². The van der Waals surface area contributed by atoms with Crippen LogP contribution >= 0.6 is 0 Å².